The summed E-state index contributed by atoms with van der Waals surface area (Å²) < 4.78 is 78.6. The molecular weight excluding hydrogens is 424 g/mol. The fourth-order valence-corrected chi connectivity index (χ4v) is 3.54. The SMILES string of the molecule is FC(F)(F)c1cc(Nc2c(NCC3CCCN3)c(=S)c2=S)cc(C(F)(F)F)c1. The van der Waals surface area contributed by atoms with Crippen LogP contribution in [0.25, 0.3) is 0 Å². The Bertz CT molecular complexity index is 906. The minimum Gasteiger partial charge on any atom is -0.381 e. The lowest BCUT2D eigenvalue weighted by Gasteiger charge is -2.21. The second-order valence-corrected chi connectivity index (χ2v) is 7.32. The van der Waals surface area contributed by atoms with Crippen molar-refractivity contribution in [2.24, 2.45) is 0 Å². The molecule has 1 atom stereocenters. The van der Waals surface area contributed by atoms with Crippen molar-refractivity contribution in [2.75, 3.05) is 23.7 Å². The molecule has 0 aromatic heterocycles. The van der Waals surface area contributed by atoms with Crippen LogP contribution in [0.5, 0.6) is 0 Å². The topological polar surface area (TPSA) is 36.1 Å². The Labute approximate surface area is 166 Å². The van der Waals surface area contributed by atoms with E-state index in [1.54, 1.807) is 0 Å². The normalized spacial score (nSPS) is 17.9. The average Bonchev–Trinajstić information content (AvgIpc) is 3.12. The zero-order chi connectivity index (χ0) is 20.7. The van der Waals surface area contributed by atoms with Crippen molar-refractivity contribution in [3.05, 3.63) is 38.3 Å². The molecule has 0 aliphatic carbocycles. The molecule has 0 bridgehead atoms. The van der Waals surface area contributed by atoms with Crippen LogP contribution in [0.15, 0.2) is 18.2 Å². The molecule has 0 amide bonds. The van der Waals surface area contributed by atoms with Crippen LogP contribution >= 0.6 is 24.4 Å². The Morgan fingerprint density at radius 1 is 0.929 bits per heavy atom. The lowest BCUT2D eigenvalue weighted by molar-refractivity contribution is -0.143. The first-order chi connectivity index (χ1) is 13.0. The van der Waals surface area contributed by atoms with Gasteiger partial charge in [-0.3, -0.25) is 0 Å². The summed E-state index contributed by atoms with van der Waals surface area (Å²) in [5.74, 6) is 0. The number of anilines is 3. The molecule has 1 saturated heterocycles. The van der Waals surface area contributed by atoms with Crippen LogP contribution in [0, 0.1) is 9.02 Å². The summed E-state index contributed by atoms with van der Waals surface area (Å²) in [5.41, 5.74) is -2.50. The van der Waals surface area contributed by atoms with Crippen LogP contribution in [0.3, 0.4) is 0 Å². The van der Waals surface area contributed by atoms with E-state index in [0.29, 0.717) is 28.9 Å². The van der Waals surface area contributed by atoms with Gasteiger partial charge in [-0.05, 0) is 37.6 Å². The maximum absolute atomic E-state index is 13.0. The van der Waals surface area contributed by atoms with Crippen LogP contribution in [0.4, 0.5) is 43.4 Å². The van der Waals surface area contributed by atoms with Crippen molar-refractivity contribution < 1.29 is 26.3 Å². The molecule has 3 N–H and O–H groups in total. The first-order valence-electron chi connectivity index (χ1n) is 8.34. The number of hydrogen-bond donors (Lipinski definition) is 3. The maximum atomic E-state index is 13.0. The summed E-state index contributed by atoms with van der Waals surface area (Å²) in [6, 6.07) is 1.52. The monoisotopic (exact) mass is 439 g/mol. The van der Waals surface area contributed by atoms with Crippen molar-refractivity contribution in [3.8, 4) is 0 Å². The summed E-state index contributed by atoms with van der Waals surface area (Å²) in [5, 5.41) is 8.93. The Morgan fingerprint density at radius 2 is 1.50 bits per heavy atom. The van der Waals surface area contributed by atoms with Crippen LogP contribution in [0.1, 0.15) is 24.0 Å². The van der Waals surface area contributed by atoms with Gasteiger partial charge in [-0.1, -0.05) is 24.4 Å². The Morgan fingerprint density at radius 3 is 2.00 bits per heavy atom. The van der Waals surface area contributed by atoms with E-state index in [9.17, 15) is 26.3 Å². The van der Waals surface area contributed by atoms with Gasteiger partial charge in [0, 0.05) is 18.3 Å². The number of rotatable bonds is 5. The molecule has 1 heterocycles. The van der Waals surface area contributed by atoms with E-state index in [4.69, 9.17) is 24.4 Å². The standard InChI is InChI=1S/C17H15F6N3S2/c18-16(19,20)8-4-9(17(21,22)23)6-11(5-8)26-13-12(14(27)15(13)28)25-7-10-2-1-3-24-10/h4-6,10,24-26H,1-3,7H2. The summed E-state index contributed by atoms with van der Waals surface area (Å²) in [4.78, 5) is 0. The fourth-order valence-electron chi connectivity index (χ4n) is 3.01. The van der Waals surface area contributed by atoms with Gasteiger partial charge in [0.2, 0.25) is 0 Å². The molecule has 3 rings (SSSR count). The molecule has 0 spiro atoms. The van der Waals surface area contributed by atoms with E-state index < -0.39 is 23.5 Å². The third-order valence-electron chi connectivity index (χ3n) is 4.45. The molecule has 1 unspecified atom stereocenters. The Balaban J connectivity index is 1.88. The minimum atomic E-state index is -4.92. The summed E-state index contributed by atoms with van der Waals surface area (Å²) >= 11 is 10.3. The molecular formula is C17H15F6N3S2. The highest BCUT2D eigenvalue weighted by atomic mass is 32.1. The zero-order valence-corrected chi connectivity index (χ0v) is 15.9. The summed E-state index contributed by atoms with van der Waals surface area (Å²) in [6.45, 7) is 1.42. The molecule has 2 aromatic carbocycles. The fraction of sp³-hybridized carbons (Fsp3) is 0.412. The van der Waals surface area contributed by atoms with Gasteiger partial charge in [0.1, 0.15) is 0 Å². The number of halogens is 6. The maximum Gasteiger partial charge on any atom is 0.416 e. The number of nitrogens with one attached hydrogen (secondary N) is 3. The summed E-state index contributed by atoms with van der Waals surface area (Å²) in [7, 11) is 0. The Hall–Kier alpha value is -1.72. The highest BCUT2D eigenvalue weighted by Crippen LogP contribution is 2.40. The first kappa shape index (κ1) is 21.0. The van der Waals surface area contributed by atoms with Crippen molar-refractivity contribution in [2.45, 2.75) is 31.2 Å². The summed E-state index contributed by atoms with van der Waals surface area (Å²) in [6.07, 6.45) is -7.85. The van der Waals surface area contributed by atoms with Gasteiger partial charge in [-0.25, -0.2) is 0 Å². The molecule has 11 heteroatoms. The molecule has 2 aromatic rings. The van der Waals surface area contributed by atoms with Crippen molar-refractivity contribution in [1.82, 2.24) is 5.32 Å². The number of alkyl halides is 6. The zero-order valence-electron chi connectivity index (χ0n) is 14.2. The average molecular weight is 439 g/mol. The molecule has 1 aliphatic heterocycles. The van der Waals surface area contributed by atoms with Crippen molar-refractivity contribution in [1.29, 1.82) is 0 Å². The second-order valence-electron chi connectivity index (χ2n) is 6.50. The lowest BCUT2D eigenvalue weighted by Crippen LogP contribution is -2.29. The predicted molar refractivity (Wildman–Crippen MR) is 99.7 cm³/mol. The van der Waals surface area contributed by atoms with Gasteiger partial charge >= 0.3 is 12.4 Å². The second kappa shape index (κ2) is 7.60. The van der Waals surface area contributed by atoms with Crippen molar-refractivity contribution in [3.63, 3.8) is 0 Å². The third kappa shape index (κ3) is 4.47. The largest absolute Gasteiger partial charge is 0.416 e. The predicted octanol–water partition coefficient (Wildman–Crippen LogP) is 5.97. The highest BCUT2D eigenvalue weighted by Gasteiger charge is 2.37. The van der Waals surface area contributed by atoms with E-state index in [-0.39, 0.29) is 28.0 Å². The van der Waals surface area contributed by atoms with Gasteiger partial charge in [-0.2, -0.15) is 26.3 Å². The molecule has 0 radical (unpaired) electrons. The minimum absolute atomic E-state index is 0.0776. The van der Waals surface area contributed by atoms with Crippen LogP contribution in [0.2, 0.25) is 0 Å². The van der Waals surface area contributed by atoms with Gasteiger partial charge in [-0.15, -0.1) is 0 Å². The van der Waals surface area contributed by atoms with Crippen LogP contribution in [-0.2, 0) is 12.4 Å². The van der Waals surface area contributed by atoms with E-state index in [1.807, 2.05) is 0 Å². The quantitative estimate of drug-likeness (QED) is 0.396. The molecule has 1 aliphatic rings. The number of hydrogen-bond acceptors (Lipinski definition) is 5. The van der Waals surface area contributed by atoms with Crippen LogP contribution in [-0.4, -0.2) is 19.1 Å². The van der Waals surface area contributed by atoms with E-state index in [0.717, 1.165) is 19.4 Å². The lowest BCUT2D eigenvalue weighted by atomic mass is 10.1. The smallest absolute Gasteiger partial charge is 0.381 e. The number of benzene rings is 1. The Kier molecular flexibility index (Phi) is 5.70. The first-order valence-corrected chi connectivity index (χ1v) is 9.15. The molecule has 3 nitrogen and oxygen atoms in total. The van der Waals surface area contributed by atoms with E-state index >= 15 is 0 Å². The highest BCUT2D eigenvalue weighted by molar-refractivity contribution is 7.74. The van der Waals surface area contributed by atoms with Gasteiger partial charge in [0.05, 0.1) is 31.5 Å². The molecule has 1 fully saturated rings. The van der Waals surface area contributed by atoms with Crippen LogP contribution < -0.4 is 16.0 Å². The van der Waals surface area contributed by atoms with Gasteiger partial charge in [0.15, 0.2) is 0 Å². The van der Waals surface area contributed by atoms with Gasteiger partial charge < -0.3 is 16.0 Å². The van der Waals surface area contributed by atoms with E-state index in [2.05, 4.69) is 16.0 Å². The van der Waals surface area contributed by atoms with Gasteiger partial charge in [0.25, 0.3) is 0 Å². The molecule has 0 saturated carbocycles. The van der Waals surface area contributed by atoms with Crippen molar-refractivity contribution >= 4 is 41.5 Å². The van der Waals surface area contributed by atoms with E-state index in [1.165, 1.54) is 0 Å². The molecule has 28 heavy (non-hydrogen) atoms. The third-order valence-corrected chi connectivity index (χ3v) is 5.40. The molecule has 152 valence electrons.